The van der Waals surface area contributed by atoms with E-state index in [0.29, 0.717) is 25.1 Å². The number of nitrogens with zero attached hydrogens (tertiary/aromatic N) is 1. The first-order valence-corrected chi connectivity index (χ1v) is 9.19. The van der Waals surface area contributed by atoms with Crippen molar-refractivity contribution >= 4 is 79.6 Å². The molecule has 20 heavy (non-hydrogen) atoms. The molecule has 0 aliphatic carbocycles. The number of hydrogen-bond acceptors (Lipinski definition) is 3. The molecule has 1 saturated heterocycles. The zero-order valence-electron chi connectivity index (χ0n) is 10.7. The van der Waals surface area contributed by atoms with Crippen molar-refractivity contribution in [3.8, 4) is 0 Å². The Bertz CT molecular complexity index is 562. The summed E-state index contributed by atoms with van der Waals surface area (Å²) in [5.41, 5.74) is 0.715. The van der Waals surface area contributed by atoms with Crippen molar-refractivity contribution in [1.82, 2.24) is 4.90 Å². The molecule has 1 aliphatic rings. The average molecular weight is 611 g/mol. The van der Waals surface area contributed by atoms with Crippen molar-refractivity contribution in [1.29, 1.82) is 0 Å². The van der Waals surface area contributed by atoms with E-state index in [1.165, 1.54) is 7.11 Å². The molecule has 0 spiro atoms. The molecule has 0 bridgehead atoms. The van der Waals surface area contributed by atoms with Crippen molar-refractivity contribution < 1.29 is 14.3 Å². The lowest BCUT2D eigenvalue weighted by Crippen LogP contribution is -2.31. The number of methoxy groups -OCH3 is 1. The molecule has 108 valence electrons. The van der Waals surface area contributed by atoms with E-state index in [9.17, 15) is 9.59 Å². The monoisotopic (exact) mass is 611 g/mol. The molecule has 1 unspecified atom stereocenters. The maximum absolute atomic E-state index is 12.6. The molecule has 4 nitrogen and oxygen atoms in total. The van der Waals surface area contributed by atoms with E-state index in [4.69, 9.17) is 4.74 Å². The molecule has 1 aromatic carbocycles. The van der Waals surface area contributed by atoms with Crippen LogP contribution in [0.1, 0.15) is 16.8 Å². The molecule has 1 amide bonds. The number of ether oxygens (including phenoxy) is 1. The van der Waals surface area contributed by atoms with Gasteiger partial charge in [0.2, 0.25) is 0 Å². The summed E-state index contributed by atoms with van der Waals surface area (Å²) in [6, 6.07) is 3.94. The van der Waals surface area contributed by atoms with Gasteiger partial charge in [-0.05, 0) is 86.3 Å². The van der Waals surface area contributed by atoms with Crippen LogP contribution in [0.25, 0.3) is 0 Å². The number of rotatable bonds is 2. The first kappa shape index (κ1) is 16.7. The molecule has 1 aliphatic heterocycles. The highest BCUT2D eigenvalue weighted by atomic mass is 127. The summed E-state index contributed by atoms with van der Waals surface area (Å²) in [6.07, 6.45) is 0.677. The predicted molar refractivity (Wildman–Crippen MR) is 101 cm³/mol. The number of carbonyl (C=O) groups is 2. The zero-order chi connectivity index (χ0) is 14.9. The minimum Gasteiger partial charge on any atom is -0.469 e. The van der Waals surface area contributed by atoms with Gasteiger partial charge in [0.25, 0.3) is 5.91 Å². The summed E-state index contributed by atoms with van der Waals surface area (Å²) in [5.74, 6) is -0.423. The highest BCUT2D eigenvalue weighted by Gasteiger charge is 2.32. The van der Waals surface area contributed by atoms with Gasteiger partial charge in [-0.3, -0.25) is 9.59 Å². The number of benzene rings is 1. The number of hydrogen-bond donors (Lipinski definition) is 0. The minimum absolute atomic E-state index is 0.00256. The third kappa shape index (κ3) is 3.57. The van der Waals surface area contributed by atoms with Gasteiger partial charge in [0, 0.05) is 23.8 Å². The molecule has 0 saturated carbocycles. The van der Waals surface area contributed by atoms with E-state index in [-0.39, 0.29) is 17.8 Å². The fraction of sp³-hybridized carbons (Fsp3) is 0.385. The van der Waals surface area contributed by atoms with Crippen LogP contribution in [0, 0.1) is 16.6 Å². The molecule has 1 aromatic rings. The number of carbonyl (C=O) groups excluding carboxylic acids is 2. The van der Waals surface area contributed by atoms with Gasteiger partial charge in [-0.2, -0.15) is 0 Å². The van der Waals surface area contributed by atoms with Crippen LogP contribution >= 0.6 is 67.8 Å². The van der Waals surface area contributed by atoms with Crippen molar-refractivity contribution in [3.63, 3.8) is 0 Å². The Morgan fingerprint density at radius 3 is 2.65 bits per heavy atom. The number of halogens is 3. The lowest BCUT2D eigenvalue weighted by molar-refractivity contribution is -0.144. The third-order valence-corrected chi connectivity index (χ3v) is 6.90. The first-order valence-electron chi connectivity index (χ1n) is 5.95. The van der Waals surface area contributed by atoms with Gasteiger partial charge >= 0.3 is 5.97 Å². The second-order valence-corrected chi connectivity index (χ2v) is 8.00. The minimum atomic E-state index is -0.229. The maximum atomic E-state index is 12.6. The fourth-order valence-corrected chi connectivity index (χ4v) is 4.57. The Balaban J connectivity index is 2.19. The highest BCUT2D eigenvalue weighted by Crippen LogP contribution is 2.26. The highest BCUT2D eigenvalue weighted by molar-refractivity contribution is 14.1. The summed E-state index contributed by atoms with van der Waals surface area (Å²) in [5, 5.41) is 0. The van der Waals surface area contributed by atoms with Gasteiger partial charge < -0.3 is 9.64 Å². The van der Waals surface area contributed by atoms with Gasteiger partial charge in [-0.25, -0.2) is 0 Å². The summed E-state index contributed by atoms with van der Waals surface area (Å²) >= 11 is 6.65. The molecular weight excluding hydrogens is 599 g/mol. The number of esters is 1. The SMILES string of the molecule is COC(=O)C1CCN(C(=O)c2cc(I)cc(I)c2I)C1. The molecule has 2 rings (SSSR count). The van der Waals surface area contributed by atoms with Crippen molar-refractivity contribution in [2.75, 3.05) is 20.2 Å². The van der Waals surface area contributed by atoms with Gasteiger partial charge in [0.05, 0.1) is 18.6 Å². The summed E-state index contributed by atoms with van der Waals surface area (Å²) in [6.45, 7) is 1.06. The molecular formula is C13H12I3NO3. The van der Waals surface area contributed by atoms with Crippen molar-refractivity contribution in [2.24, 2.45) is 5.92 Å². The van der Waals surface area contributed by atoms with E-state index < -0.39 is 0 Å². The van der Waals surface area contributed by atoms with E-state index >= 15 is 0 Å². The van der Waals surface area contributed by atoms with Gasteiger partial charge in [0.1, 0.15) is 0 Å². The molecule has 1 heterocycles. The predicted octanol–water partition coefficient (Wildman–Crippen LogP) is 3.14. The lowest BCUT2D eigenvalue weighted by Gasteiger charge is -2.17. The van der Waals surface area contributed by atoms with Crippen LogP contribution in [-0.2, 0) is 9.53 Å². The topological polar surface area (TPSA) is 46.6 Å². The van der Waals surface area contributed by atoms with Gasteiger partial charge in [0.15, 0.2) is 0 Å². The molecule has 0 radical (unpaired) electrons. The third-order valence-electron chi connectivity index (χ3n) is 3.23. The smallest absolute Gasteiger partial charge is 0.310 e. The second kappa shape index (κ2) is 7.07. The van der Waals surface area contributed by atoms with Crippen LogP contribution in [0.4, 0.5) is 0 Å². The lowest BCUT2D eigenvalue weighted by atomic mass is 10.1. The number of likely N-dealkylation sites (tertiary alicyclic amines) is 1. The molecule has 0 aromatic heterocycles. The van der Waals surface area contributed by atoms with Gasteiger partial charge in [-0.15, -0.1) is 0 Å². The standard InChI is InChI=1S/C13H12I3NO3/c1-20-13(19)7-2-3-17(6-7)12(18)9-4-8(14)5-10(15)11(9)16/h4-5,7H,2-3,6H2,1H3. The van der Waals surface area contributed by atoms with Crippen LogP contribution in [0.15, 0.2) is 12.1 Å². The average Bonchev–Trinajstić information content (AvgIpc) is 2.90. The van der Waals surface area contributed by atoms with E-state index in [1.807, 2.05) is 12.1 Å². The quantitative estimate of drug-likeness (QED) is 0.294. The van der Waals surface area contributed by atoms with E-state index in [0.717, 1.165) is 10.7 Å². The molecule has 1 fully saturated rings. The molecule has 0 N–H and O–H groups in total. The molecule has 7 heteroatoms. The Labute approximate surface area is 158 Å². The maximum Gasteiger partial charge on any atom is 0.310 e. The number of amides is 1. The van der Waals surface area contributed by atoms with E-state index in [2.05, 4.69) is 67.8 Å². The van der Waals surface area contributed by atoms with E-state index in [1.54, 1.807) is 4.90 Å². The van der Waals surface area contributed by atoms with Crippen LogP contribution < -0.4 is 0 Å². The normalized spacial score (nSPS) is 18.2. The Kier molecular flexibility index (Phi) is 5.91. The summed E-state index contributed by atoms with van der Waals surface area (Å²) in [7, 11) is 1.39. The zero-order valence-corrected chi connectivity index (χ0v) is 17.1. The Morgan fingerprint density at radius 2 is 2.00 bits per heavy atom. The van der Waals surface area contributed by atoms with Crippen LogP contribution in [0.3, 0.4) is 0 Å². The van der Waals surface area contributed by atoms with Crippen molar-refractivity contribution in [2.45, 2.75) is 6.42 Å². The summed E-state index contributed by atoms with van der Waals surface area (Å²) in [4.78, 5) is 25.9. The largest absolute Gasteiger partial charge is 0.469 e. The Hall–Kier alpha value is 0.350. The Morgan fingerprint density at radius 1 is 1.30 bits per heavy atom. The van der Waals surface area contributed by atoms with Crippen LogP contribution in [-0.4, -0.2) is 37.0 Å². The molecule has 1 atom stereocenters. The van der Waals surface area contributed by atoms with Crippen LogP contribution in [0.5, 0.6) is 0 Å². The van der Waals surface area contributed by atoms with Crippen LogP contribution in [0.2, 0.25) is 0 Å². The fourth-order valence-electron chi connectivity index (χ4n) is 2.19. The summed E-state index contributed by atoms with van der Waals surface area (Å²) < 4.78 is 7.83. The first-order chi connectivity index (χ1) is 9.43. The second-order valence-electron chi connectivity index (χ2n) is 4.51. The van der Waals surface area contributed by atoms with Gasteiger partial charge in [-0.1, -0.05) is 0 Å². The van der Waals surface area contributed by atoms with Crippen molar-refractivity contribution in [3.05, 3.63) is 28.4 Å².